The number of aromatic carboxylic acids is 1. The number of H-pyrrole nitrogens is 1. The third kappa shape index (κ3) is 2.49. The monoisotopic (exact) mass is 247 g/mol. The zero-order valence-electron chi connectivity index (χ0n) is 9.56. The number of carbonyl (C=O) groups is 2. The normalized spacial score (nSPS) is 10.5. The minimum Gasteiger partial charge on any atom is -0.477 e. The van der Waals surface area contributed by atoms with Crippen LogP contribution in [0.2, 0.25) is 0 Å². The number of nitrogens with two attached hydrogens (primary N) is 1. The molecule has 94 valence electrons. The van der Waals surface area contributed by atoms with E-state index in [0.29, 0.717) is 17.7 Å². The summed E-state index contributed by atoms with van der Waals surface area (Å²) in [4.78, 5) is 24.9. The van der Waals surface area contributed by atoms with E-state index in [4.69, 9.17) is 10.8 Å². The molecule has 1 amide bonds. The van der Waals surface area contributed by atoms with Crippen LogP contribution in [0.3, 0.4) is 0 Å². The van der Waals surface area contributed by atoms with Crippen molar-refractivity contribution >= 4 is 28.5 Å². The van der Waals surface area contributed by atoms with Gasteiger partial charge >= 0.3 is 5.97 Å². The first-order valence-corrected chi connectivity index (χ1v) is 5.46. The highest BCUT2D eigenvalue weighted by Gasteiger charge is 2.08. The number of hydrogen-bond donors (Lipinski definition) is 4. The lowest BCUT2D eigenvalue weighted by atomic mass is 10.2. The summed E-state index contributed by atoms with van der Waals surface area (Å²) in [5.74, 6) is -1.18. The van der Waals surface area contributed by atoms with Gasteiger partial charge in [0.2, 0.25) is 5.91 Å². The number of carboxylic acids is 1. The van der Waals surface area contributed by atoms with E-state index in [1.54, 1.807) is 18.2 Å². The number of amides is 1. The number of rotatable bonds is 4. The molecule has 1 heterocycles. The fourth-order valence-corrected chi connectivity index (χ4v) is 1.68. The lowest BCUT2D eigenvalue weighted by molar-refractivity contribution is -0.116. The topological polar surface area (TPSA) is 108 Å². The van der Waals surface area contributed by atoms with Crippen molar-refractivity contribution in [1.29, 1.82) is 0 Å². The van der Waals surface area contributed by atoms with E-state index in [1.165, 1.54) is 6.07 Å². The lowest BCUT2D eigenvalue weighted by Gasteiger charge is -2.03. The van der Waals surface area contributed by atoms with Gasteiger partial charge in [-0.1, -0.05) is 0 Å². The minimum atomic E-state index is -1.01. The standard InChI is InChI=1S/C12H13N3O3/c13-4-3-11(16)14-8-1-2-9-7(5-8)6-10(15-9)12(17)18/h1-2,5-6,15H,3-4,13H2,(H,14,16)(H,17,18). The number of benzene rings is 1. The predicted molar refractivity (Wildman–Crippen MR) is 67.6 cm³/mol. The van der Waals surface area contributed by atoms with Gasteiger partial charge in [0.25, 0.3) is 0 Å². The fourth-order valence-electron chi connectivity index (χ4n) is 1.68. The second-order valence-electron chi connectivity index (χ2n) is 3.88. The Kier molecular flexibility index (Phi) is 3.29. The number of carbonyl (C=O) groups excluding carboxylic acids is 1. The van der Waals surface area contributed by atoms with Crippen LogP contribution in [-0.4, -0.2) is 28.5 Å². The molecule has 0 bridgehead atoms. The van der Waals surface area contributed by atoms with Gasteiger partial charge in [0, 0.05) is 29.6 Å². The van der Waals surface area contributed by atoms with Crippen LogP contribution < -0.4 is 11.1 Å². The van der Waals surface area contributed by atoms with Crippen molar-refractivity contribution in [3.05, 3.63) is 30.0 Å². The summed E-state index contributed by atoms with van der Waals surface area (Å²) in [5, 5.41) is 12.3. The molecule has 0 spiro atoms. The van der Waals surface area contributed by atoms with E-state index in [0.717, 1.165) is 5.39 Å². The largest absolute Gasteiger partial charge is 0.477 e. The van der Waals surface area contributed by atoms with Gasteiger partial charge in [0.15, 0.2) is 0 Å². The van der Waals surface area contributed by atoms with Crippen molar-refractivity contribution in [2.75, 3.05) is 11.9 Å². The van der Waals surface area contributed by atoms with Gasteiger partial charge in [-0.2, -0.15) is 0 Å². The Hall–Kier alpha value is -2.34. The second-order valence-corrected chi connectivity index (χ2v) is 3.88. The average Bonchev–Trinajstić information content (AvgIpc) is 2.72. The smallest absolute Gasteiger partial charge is 0.352 e. The maximum absolute atomic E-state index is 11.4. The van der Waals surface area contributed by atoms with Gasteiger partial charge in [-0.05, 0) is 24.3 Å². The maximum Gasteiger partial charge on any atom is 0.352 e. The van der Waals surface area contributed by atoms with Crippen molar-refractivity contribution < 1.29 is 14.7 Å². The molecule has 0 unspecified atom stereocenters. The molecule has 1 aromatic heterocycles. The maximum atomic E-state index is 11.4. The molecule has 0 fully saturated rings. The van der Waals surface area contributed by atoms with Crippen LogP contribution in [0.5, 0.6) is 0 Å². The third-order valence-electron chi connectivity index (χ3n) is 2.51. The molecular weight excluding hydrogens is 234 g/mol. The average molecular weight is 247 g/mol. The van der Waals surface area contributed by atoms with Gasteiger partial charge in [0.1, 0.15) is 5.69 Å². The number of aromatic nitrogens is 1. The van der Waals surface area contributed by atoms with Crippen LogP contribution in [0.4, 0.5) is 5.69 Å². The molecule has 5 N–H and O–H groups in total. The fraction of sp³-hybridized carbons (Fsp3) is 0.167. The van der Waals surface area contributed by atoms with Crippen molar-refractivity contribution in [3.8, 4) is 0 Å². The third-order valence-corrected chi connectivity index (χ3v) is 2.51. The molecule has 0 aliphatic carbocycles. The van der Waals surface area contributed by atoms with Crippen molar-refractivity contribution in [2.45, 2.75) is 6.42 Å². The van der Waals surface area contributed by atoms with Crippen LogP contribution in [0, 0.1) is 0 Å². The van der Waals surface area contributed by atoms with Crippen molar-refractivity contribution in [1.82, 2.24) is 4.98 Å². The molecule has 0 atom stereocenters. The van der Waals surface area contributed by atoms with E-state index < -0.39 is 5.97 Å². The molecular formula is C12H13N3O3. The highest BCUT2D eigenvalue weighted by Crippen LogP contribution is 2.20. The zero-order chi connectivity index (χ0) is 13.1. The van der Waals surface area contributed by atoms with E-state index in [9.17, 15) is 9.59 Å². The summed E-state index contributed by atoms with van der Waals surface area (Å²) in [6, 6.07) is 6.67. The molecule has 18 heavy (non-hydrogen) atoms. The summed E-state index contributed by atoms with van der Waals surface area (Å²) in [5.41, 5.74) is 6.73. The van der Waals surface area contributed by atoms with Crippen LogP contribution in [-0.2, 0) is 4.79 Å². The summed E-state index contributed by atoms with van der Waals surface area (Å²) in [6.07, 6.45) is 0.256. The Bertz CT molecular complexity index is 604. The zero-order valence-corrected chi connectivity index (χ0v) is 9.56. The molecule has 2 rings (SSSR count). The summed E-state index contributed by atoms with van der Waals surface area (Å²) in [7, 11) is 0. The Labute approximate surface area is 103 Å². The Morgan fingerprint density at radius 2 is 2.11 bits per heavy atom. The summed E-state index contributed by atoms with van der Waals surface area (Å²) in [6.45, 7) is 0.293. The van der Waals surface area contributed by atoms with Crippen LogP contribution >= 0.6 is 0 Å². The number of aromatic amines is 1. The number of nitrogens with one attached hydrogen (secondary N) is 2. The molecule has 0 saturated heterocycles. The Morgan fingerprint density at radius 1 is 1.33 bits per heavy atom. The first-order chi connectivity index (χ1) is 8.60. The number of fused-ring (bicyclic) bond motifs is 1. The number of anilines is 1. The Morgan fingerprint density at radius 3 is 2.78 bits per heavy atom. The predicted octanol–water partition coefficient (Wildman–Crippen LogP) is 1.15. The van der Waals surface area contributed by atoms with Crippen molar-refractivity contribution in [2.24, 2.45) is 5.73 Å². The van der Waals surface area contributed by atoms with E-state index in [-0.39, 0.29) is 18.0 Å². The quantitative estimate of drug-likeness (QED) is 0.649. The molecule has 6 heteroatoms. The lowest BCUT2D eigenvalue weighted by Crippen LogP contribution is -2.15. The van der Waals surface area contributed by atoms with Gasteiger partial charge in [0.05, 0.1) is 0 Å². The highest BCUT2D eigenvalue weighted by atomic mass is 16.4. The second kappa shape index (κ2) is 4.89. The van der Waals surface area contributed by atoms with Crippen molar-refractivity contribution in [3.63, 3.8) is 0 Å². The van der Waals surface area contributed by atoms with Crippen LogP contribution in [0.25, 0.3) is 10.9 Å². The van der Waals surface area contributed by atoms with E-state index >= 15 is 0 Å². The molecule has 1 aromatic carbocycles. The molecule has 0 radical (unpaired) electrons. The molecule has 0 aliphatic heterocycles. The van der Waals surface area contributed by atoms with E-state index in [1.807, 2.05) is 0 Å². The molecule has 2 aromatic rings. The van der Waals surface area contributed by atoms with Gasteiger partial charge in [-0.15, -0.1) is 0 Å². The summed E-state index contributed by atoms with van der Waals surface area (Å²) >= 11 is 0. The van der Waals surface area contributed by atoms with Gasteiger partial charge < -0.3 is 21.1 Å². The molecule has 0 aliphatic rings. The number of carboxylic acid groups (broad SMARTS) is 1. The van der Waals surface area contributed by atoms with E-state index in [2.05, 4.69) is 10.3 Å². The molecule has 6 nitrogen and oxygen atoms in total. The summed E-state index contributed by atoms with van der Waals surface area (Å²) < 4.78 is 0. The number of hydrogen-bond acceptors (Lipinski definition) is 3. The van der Waals surface area contributed by atoms with Crippen LogP contribution in [0.1, 0.15) is 16.9 Å². The first-order valence-electron chi connectivity index (χ1n) is 5.46. The molecule has 0 saturated carbocycles. The minimum absolute atomic E-state index is 0.121. The highest BCUT2D eigenvalue weighted by molar-refractivity contribution is 5.97. The SMILES string of the molecule is NCCC(=O)Nc1ccc2[nH]c(C(=O)O)cc2c1. The van der Waals surface area contributed by atoms with Crippen LogP contribution in [0.15, 0.2) is 24.3 Å². The van der Waals surface area contributed by atoms with Gasteiger partial charge in [-0.25, -0.2) is 4.79 Å². The van der Waals surface area contributed by atoms with Gasteiger partial charge in [-0.3, -0.25) is 4.79 Å². The first kappa shape index (κ1) is 12.1. The Balaban J connectivity index is 2.26.